The second-order valence-corrected chi connectivity index (χ2v) is 8.85. The van der Waals surface area contributed by atoms with Gasteiger partial charge in [-0.25, -0.2) is 0 Å². The van der Waals surface area contributed by atoms with E-state index in [0.29, 0.717) is 11.5 Å². The molecule has 0 aromatic rings. The van der Waals surface area contributed by atoms with Crippen LogP contribution in [-0.2, 0) is 13.3 Å². The van der Waals surface area contributed by atoms with Crippen LogP contribution >= 0.6 is 0 Å². The van der Waals surface area contributed by atoms with Crippen LogP contribution in [0.3, 0.4) is 0 Å². The predicted molar refractivity (Wildman–Crippen MR) is 83.6 cm³/mol. The van der Waals surface area contributed by atoms with Gasteiger partial charge in [0.2, 0.25) is 0 Å². The molecule has 1 fully saturated rings. The minimum atomic E-state index is -2.53. The molecule has 116 valence electrons. The van der Waals surface area contributed by atoms with Gasteiger partial charge >= 0.3 is 8.80 Å². The van der Waals surface area contributed by atoms with Crippen LogP contribution in [0.4, 0.5) is 0 Å². The van der Waals surface area contributed by atoms with Crippen molar-refractivity contribution in [2.45, 2.75) is 58.4 Å². The average molecular weight is 298 g/mol. The van der Waals surface area contributed by atoms with E-state index in [1.54, 1.807) is 0 Å². The summed E-state index contributed by atoms with van der Waals surface area (Å²) in [4.78, 5) is 0. The monoisotopic (exact) mass is 298 g/mol. The molecule has 2 aliphatic carbocycles. The molecule has 0 aromatic heterocycles. The molecule has 3 nitrogen and oxygen atoms in total. The standard InChI is InChI=1S/C16H30O3Si/c1-4-9-17-20(18-10-5-2,19-11-6-3)16-13-14-7-8-15(16)12-14/h7-8,14-16H,4-6,9-13H2,1-3H3. The molecule has 0 N–H and O–H groups in total. The zero-order valence-corrected chi connectivity index (χ0v) is 14.3. The van der Waals surface area contributed by atoms with E-state index in [1.165, 1.54) is 12.8 Å². The Labute approximate surface area is 125 Å². The first-order chi connectivity index (χ1) is 9.75. The predicted octanol–water partition coefficient (Wildman–Crippen LogP) is 4.17. The van der Waals surface area contributed by atoms with Crippen molar-refractivity contribution in [1.29, 1.82) is 0 Å². The van der Waals surface area contributed by atoms with E-state index < -0.39 is 8.80 Å². The molecule has 1 saturated carbocycles. The van der Waals surface area contributed by atoms with Gasteiger partial charge in [-0.2, -0.15) is 0 Å². The second-order valence-electron chi connectivity index (χ2n) is 6.04. The number of rotatable bonds is 10. The van der Waals surface area contributed by atoms with Gasteiger partial charge in [0.1, 0.15) is 0 Å². The van der Waals surface area contributed by atoms with Crippen molar-refractivity contribution in [2.24, 2.45) is 11.8 Å². The van der Waals surface area contributed by atoms with Crippen molar-refractivity contribution in [3.05, 3.63) is 12.2 Å². The maximum atomic E-state index is 6.28. The fourth-order valence-corrected chi connectivity index (χ4v) is 7.09. The van der Waals surface area contributed by atoms with Crippen molar-refractivity contribution in [3.63, 3.8) is 0 Å². The Morgan fingerprint density at radius 2 is 1.40 bits per heavy atom. The van der Waals surface area contributed by atoms with E-state index in [2.05, 4.69) is 32.9 Å². The van der Waals surface area contributed by atoms with Gasteiger partial charge in [0.05, 0.1) is 0 Å². The maximum absolute atomic E-state index is 6.28. The summed E-state index contributed by atoms with van der Waals surface area (Å²) < 4.78 is 18.8. The van der Waals surface area contributed by atoms with Gasteiger partial charge in [0, 0.05) is 25.4 Å². The lowest BCUT2D eigenvalue weighted by Gasteiger charge is -2.37. The SMILES string of the molecule is CCCO[Si](OCCC)(OCCC)C1CC2C=CC1C2. The van der Waals surface area contributed by atoms with E-state index in [9.17, 15) is 0 Å². The summed E-state index contributed by atoms with van der Waals surface area (Å²) in [6, 6.07) is 0. The number of hydrogen-bond donors (Lipinski definition) is 0. The molecular formula is C16H30O3Si. The van der Waals surface area contributed by atoms with Crippen LogP contribution in [0.25, 0.3) is 0 Å². The summed E-state index contributed by atoms with van der Waals surface area (Å²) in [5.74, 6) is 1.36. The molecule has 3 atom stereocenters. The minimum Gasteiger partial charge on any atom is -0.373 e. The molecule has 2 rings (SSSR count). The van der Waals surface area contributed by atoms with Gasteiger partial charge in [-0.3, -0.25) is 0 Å². The maximum Gasteiger partial charge on any atom is 0.504 e. The highest BCUT2D eigenvalue weighted by atomic mass is 28.4. The van der Waals surface area contributed by atoms with Crippen LogP contribution in [-0.4, -0.2) is 28.6 Å². The molecule has 2 bridgehead atoms. The van der Waals surface area contributed by atoms with Crippen molar-refractivity contribution >= 4 is 8.80 Å². The Morgan fingerprint density at radius 1 is 0.850 bits per heavy atom. The van der Waals surface area contributed by atoms with Gasteiger partial charge in [-0.05, 0) is 43.9 Å². The lowest BCUT2D eigenvalue weighted by molar-refractivity contribution is 0.0464. The first kappa shape index (κ1) is 16.2. The Bertz CT molecular complexity index is 297. The van der Waals surface area contributed by atoms with Crippen molar-refractivity contribution in [1.82, 2.24) is 0 Å². The first-order valence-corrected chi connectivity index (χ1v) is 10.2. The van der Waals surface area contributed by atoms with Crippen molar-refractivity contribution < 1.29 is 13.3 Å². The molecule has 0 spiro atoms. The molecule has 3 unspecified atom stereocenters. The number of fused-ring (bicyclic) bond motifs is 2. The zero-order chi connectivity index (χ0) is 14.4. The Balaban J connectivity index is 2.12. The van der Waals surface area contributed by atoms with Crippen LogP contribution in [0.5, 0.6) is 0 Å². The van der Waals surface area contributed by atoms with Gasteiger partial charge < -0.3 is 13.3 Å². The minimum absolute atomic E-state index is 0.488. The van der Waals surface area contributed by atoms with Crippen molar-refractivity contribution in [2.75, 3.05) is 19.8 Å². The van der Waals surface area contributed by atoms with Crippen molar-refractivity contribution in [3.8, 4) is 0 Å². The quantitative estimate of drug-likeness (QED) is 0.447. The highest BCUT2D eigenvalue weighted by molar-refractivity contribution is 6.62. The highest BCUT2D eigenvalue weighted by Gasteiger charge is 2.56. The Kier molecular flexibility index (Phi) is 6.27. The first-order valence-electron chi connectivity index (χ1n) is 8.35. The lowest BCUT2D eigenvalue weighted by Crippen LogP contribution is -2.52. The van der Waals surface area contributed by atoms with Gasteiger partial charge in [-0.15, -0.1) is 0 Å². The third kappa shape index (κ3) is 3.53. The molecule has 0 saturated heterocycles. The lowest BCUT2D eigenvalue weighted by atomic mass is 10.1. The van der Waals surface area contributed by atoms with Crippen LogP contribution in [0.15, 0.2) is 12.2 Å². The number of hydrogen-bond acceptors (Lipinski definition) is 3. The third-order valence-corrected chi connectivity index (χ3v) is 7.65. The third-order valence-electron chi connectivity index (χ3n) is 4.26. The largest absolute Gasteiger partial charge is 0.504 e. The van der Waals surface area contributed by atoms with Crippen LogP contribution in [0, 0.1) is 11.8 Å². The molecule has 0 radical (unpaired) electrons. The van der Waals surface area contributed by atoms with Crippen LogP contribution in [0.1, 0.15) is 52.9 Å². The topological polar surface area (TPSA) is 27.7 Å². The van der Waals surface area contributed by atoms with E-state index in [4.69, 9.17) is 13.3 Å². The van der Waals surface area contributed by atoms with E-state index in [0.717, 1.165) is 45.0 Å². The van der Waals surface area contributed by atoms with Gasteiger partial charge in [0.15, 0.2) is 0 Å². The van der Waals surface area contributed by atoms with E-state index in [1.807, 2.05) is 0 Å². The fourth-order valence-electron chi connectivity index (χ4n) is 3.37. The molecule has 20 heavy (non-hydrogen) atoms. The normalized spacial score (nSPS) is 28.4. The molecule has 0 aliphatic heterocycles. The molecule has 0 amide bonds. The molecule has 0 heterocycles. The molecule has 2 aliphatic rings. The highest BCUT2D eigenvalue weighted by Crippen LogP contribution is 2.52. The molecule has 4 heteroatoms. The molecule has 0 aromatic carbocycles. The summed E-state index contributed by atoms with van der Waals surface area (Å²) in [6.07, 6.45) is 10.3. The summed E-state index contributed by atoms with van der Waals surface area (Å²) in [7, 11) is -2.53. The smallest absolute Gasteiger partial charge is 0.373 e. The fraction of sp³-hybridized carbons (Fsp3) is 0.875. The van der Waals surface area contributed by atoms with E-state index in [-0.39, 0.29) is 0 Å². The summed E-state index contributed by atoms with van der Waals surface area (Å²) in [6.45, 7) is 8.74. The Hall–Kier alpha value is -0.163. The summed E-state index contributed by atoms with van der Waals surface area (Å²) in [5, 5.41) is 0. The van der Waals surface area contributed by atoms with Gasteiger partial charge in [0.25, 0.3) is 0 Å². The zero-order valence-electron chi connectivity index (χ0n) is 13.3. The van der Waals surface area contributed by atoms with Gasteiger partial charge in [-0.1, -0.05) is 32.9 Å². The van der Waals surface area contributed by atoms with Crippen LogP contribution < -0.4 is 0 Å². The summed E-state index contributed by atoms with van der Waals surface area (Å²) >= 11 is 0. The van der Waals surface area contributed by atoms with E-state index >= 15 is 0 Å². The average Bonchev–Trinajstić information content (AvgIpc) is 3.10. The Morgan fingerprint density at radius 3 is 1.75 bits per heavy atom. The molecular weight excluding hydrogens is 268 g/mol. The second kappa shape index (κ2) is 7.73. The number of allylic oxidation sites excluding steroid dienone is 2. The van der Waals surface area contributed by atoms with Crippen LogP contribution in [0.2, 0.25) is 5.54 Å². The summed E-state index contributed by atoms with van der Waals surface area (Å²) in [5.41, 5.74) is 0.488.